The van der Waals surface area contributed by atoms with Gasteiger partial charge in [-0.1, -0.05) is 6.92 Å². The van der Waals surface area contributed by atoms with Crippen molar-refractivity contribution in [3.63, 3.8) is 0 Å². The second-order valence-corrected chi connectivity index (χ2v) is 3.85. The summed E-state index contributed by atoms with van der Waals surface area (Å²) in [6, 6.07) is 0. The molecule has 4 nitrogen and oxygen atoms in total. The Morgan fingerprint density at radius 3 is 3.19 bits per heavy atom. The van der Waals surface area contributed by atoms with E-state index in [-0.39, 0.29) is 18.3 Å². The Morgan fingerprint density at radius 2 is 2.62 bits per heavy atom. The molecule has 1 saturated heterocycles. The molecule has 16 heavy (non-hydrogen) atoms. The van der Waals surface area contributed by atoms with Crippen LogP contribution in [0.3, 0.4) is 0 Å². The zero-order valence-corrected chi connectivity index (χ0v) is 9.57. The summed E-state index contributed by atoms with van der Waals surface area (Å²) in [5.74, 6) is -2.48. The molecular weight excluding hydrogens is 204 g/mol. The molecule has 1 aliphatic rings. The summed E-state index contributed by atoms with van der Waals surface area (Å²) in [4.78, 5) is 15.7. The quantitative estimate of drug-likeness (QED) is 0.734. The first-order valence-corrected chi connectivity index (χ1v) is 5.27. The fraction of sp³-hybridized carbons (Fsp3) is 0.667. The van der Waals surface area contributed by atoms with Crippen LogP contribution in [0.4, 0.5) is 0 Å². The van der Waals surface area contributed by atoms with Gasteiger partial charge in [0.2, 0.25) is 0 Å². The number of imidazole rings is 1. The van der Waals surface area contributed by atoms with E-state index >= 15 is 0 Å². The van der Waals surface area contributed by atoms with Gasteiger partial charge in [-0.15, -0.1) is 0 Å². The van der Waals surface area contributed by atoms with E-state index in [9.17, 15) is 4.79 Å². The Kier molecular flexibility index (Phi) is 1.72. The van der Waals surface area contributed by atoms with Crippen molar-refractivity contribution in [3.05, 3.63) is 17.7 Å². The third-order valence-corrected chi connectivity index (χ3v) is 2.87. The Bertz CT molecular complexity index is 584. The van der Waals surface area contributed by atoms with Crippen molar-refractivity contribution in [2.24, 2.45) is 18.9 Å². The van der Waals surface area contributed by atoms with E-state index in [0.717, 1.165) is 0 Å². The van der Waals surface area contributed by atoms with Gasteiger partial charge in [-0.05, 0) is 19.7 Å². The van der Waals surface area contributed by atoms with E-state index in [0.29, 0.717) is 5.82 Å². The highest BCUT2D eigenvalue weighted by Gasteiger charge is 2.35. The predicted molar refractivity (Wildman–Crippen MR) is 59.9 cm³/mol. The third kappa shape index (κ3) is 1.84. The summed E-state index contributed by atoms with van der Waals surface area (Å²) in [6.45, 7) is 0.915. The van der Waals surface area contributed by atoms with Crippen molar-refractivity contribution < 1.29 is 16.4 Å². The number of aromatic nitrogens is 2. The van der Waals surface area contributed by atoms with Gasteiger partial charge in [0.1, 0.15) is 5.82 Å². The minimum atomic E-state index is -2.41. The Hall–Kier alpha value is -1.32. The average Bonchev–Trinajstić information content (AvgIpc) is 2.72. The molecule has 1 fully saturated rings. The number of aryl methyl sites for hydroxylation is 1. The minimum Gasteiger partial charge on any atom is -0.465 e. The first kappa shape index (κ1) is 6.42. The number of carbonyl (C=O) groups is 1. The highest BCUT2D eigenvalue weighted by molar-refractivity contribution is 5.74. The van der Waals surface area contributed by atoms with Crippen LogP contribution in [0.15, 0.2) is 6.17 Å². The number of nitrogens with zero attached hydrogens (tertiary/aromatic N) is 2. The van der Waals surface area contributed by atoms with Crippen LogP contribution < -0.4 is 0 Å². The smallest absolute Gasteiger partial charge is 0.309 e. The maximum absolute atomic E-state index is 11.8. The molecule has 1 aromatic rings. The lowest BCUT2D eigenvalue weighted by Crippen LogP contribution is -2.18. The van der Waals surface area contributed by atoms with Gasteiger partial charge in [0.05, 0.1) is 16.6 Å². The molecule has 0 N–H and O–H groups in total. The molecule has 0 amide bonds. The van der Waals surface area contributed by atoms with Crippen molar-refractivity contribution in [1.29, 1.82) is 0 Å². The lowest BCUT2D eigenvalue weighted by Gasteiger charge is -2.13. The fourth-order valence-corrected chi connectivity index (χ4v) is 1.67. The highest BCUT2D eigenvalue weighted by Crippen LogP contribution is 2.28. The van der Waals surface area contributed by atoms with Gasteiger partial charge in [-0.2, -0.15) is 0 Å². The molecule has 0 unspecified atom stereocenters. The van der Waals surface area contributed by atoms with E-state index in [1.165, 1.54) is 4.57 Å². The molecule has 0 spiro atoms. The van der Waals surface area contributed by atoms with Crippen molar-refractivity contribution in [3.8, 4) is 0 Å². The molecule has 0 bridgehead atoms. The van der Waals surface area contributed by atoms with Crippen molar-refractivity contribution in [2.45, 2.75) is 26.6 Å². The van der Waals surface area contributed by atoms with Crippen LogP contribution in [0.5, 0.6) is 0 Å². The zero-order valence-electron chi connectivity index (χ0n) is 14.6. The van der Waals surface area contributed by atoms with E-state index < -0.39 is 30.7 Å². The molecular formula is C12H18N2O2. The molecule has 2 rings (SSSR count). The van der Waals surface area contributed by atoms with E-state index in [1.54, 1.807) is 20.9 Å². The Morgan fingerprint density at radius 1 is 1.88 bits per heavy atom. The summed E-state index contributed by atoms with van der Waals surface area (Å²) < 4.78 is 46.4. The monoisotopic (exact) mass is 227 g/mol. The summed E-state index contributed by atoms with van der Waals surface area (Å²) >= 11 is 0. The largest absolute Gasteiger partial charge is 0.465 e. The SMILES string of the molecule is [2H]c1nc(C)n(C)c1C([2H])([2H])[C@@H]1[C@H](CC)C(=O)OC1([2H])[2H]. The summed E-state index contributed by atoms with van der Waals surface area (Å²) in [5, 5.41) is 0. The maximum atomic E-state index is 11.8. The van der Waals surface area contributed by atoms with Gasteiger partial charge in [-0.3, -0.25) is 4.79 Å². The average molecular weight is 227 g/mol. The van der Waals surface area contributed by atoms with E-state index in [4.69, 9.17) is 11.6 Å². The predicted octanol–water partition coefficient (Wildman–Crippen LogP) is 1.47. The number of ether oxygens (including phenoxy) is 1. The van der Waals surface area contributed by atoms with Crippen molar-refractivity contribution in [1.82, 2.24) is 9.55 Å². The topological polar surface area (TPSA) is 44.1 Å². The van der Waals surface area contributed by atoms with Crippen molar-refractivity contribution >= 4 is 5.97 Å². The number of hydrogen-bond donors (Lipinski definition) is 0. The summed E-state index contributed by atoms with van der Waals surface area (Å²) in [7, 11) is 1.57. The fourth-order valence-electron chi connectivity index (χ4n) is 1.67. The first-order valence-electron chi connectivity index (χ1n) is 7.77. The molecule has 1 aliphatic heterocycles. The minimum absolute atomic E-state index is 0.0365. The third-order valence-electron chi connectivity index (χ3n) is 2.87. The van der Waals surface area contributed by atoms with Gasteiger partial charge >= 0.3 is 5.97 Å². The van der Waals surface area contributed by atoms with Crippen LogP contribution in [0, 0.1) is 18.8 Å². The molecule has 0 aliphatic carbocycles. The van der Waals surface area contributed by atoms with Gasteiger partial charge in [-0.25, -0.2) is 4.98 Å². The molecule has 0 radical (unpaired) electrons. The molecule has 88 valence electrons. The molecule has 2 atom stereocenters. The highest BCUT2D eigenvalue weighted by atomic mass is 16.5. The molecule has 2 heterocycles. The molecule has 1 aromatic heterocycles. The van der Waals surface area contributed by atoms with E-state index in [1.807, 2.05) is 0 Å². The Labute approximate surface area is 103 Å². The van der Waals surface area contributed by atoms with Crippen molar-refractivity contribution in [2.75, 3.05) is 6.56 Å². The molecule has 0 saturated carbocycles. The number of cyclic esters (lactones) is 1. The van der Waals surface area contributed by atoms with Gasteiger partial charge in [0.15, 0.2) is 0 Å². The van der Waals surface area contributed by atoms with Crippen LogP contribution in [-0.4, -0.2) is 22.1 Å². The van der Waals surface area contributed by atoms with E-state index in [2.05, 4.69) is 4.98 Å². The normalized spacial score (nSPS) is 33.4. The van der Waals surface area contributed by atoms with Gasteiger partial charge in [0, 0.05) is 27.6 Å². The lowest BCUT2D eigenvalue weighted by molar-refractivity contribution is -0.141. The van der Waals surface area contributed by atoms with Crippen LogP contribution in [-0.2, 0) is 23.0 Å². The standard InChI is InChI=1S/C12H18N2O2/c1-4-11-9(7-16-12(11)15)5-10-6-13-8(2)14(10)3/h6,9,11H,4-5,7H2,1-3H3/t9-,11-/m0/s1/i5D2,6D,7D2. The maximum Gasteiger partial charge on any atom is 0.309 e. The molecule has 4 heteroatoms. The number of carbonyl (C=O) groups excluding carboxylic acids is 1. The van der Waals surface area contributed by atoms with Gasteiger partial charge in [0.25, 0.3) is 0 Å². The second kappa shape index (κ2) is 4.28. The van der Waals surface area contributed by atoms with Crippen LogP contribution >= 0.6 is 0 Å². The second-order valence-electron chi connectivity index (χ2n) is 3.85. The zero-order chi connectivity index (χ0) is 16.2. The number of rotatable bonds is 3. The van der Waals surface area contributed by atoms with Crippen LogP contribution in [0.1, 0.15) is 31.7 Å². The summed E-state index contributed by atoms with van der Waals surface area (Å²) in [6.07, 6.45) is -2.22. The number of esters is 1. The number of hydrogen-bond acceptors (Lipinski definition) is 3. The first-order chi connectivity index (χ1) is 9.54. The van der Waals surface area contributed by atoms with Gasteiger partial charge < -0.3 is 9.30 Å². The summed E-state index contributed by atoms with van der Waals surface area (Å²) in [5.41, 5.74) is -0.0365. The lowest BCUT2D eigenvalue weighted by atomic mass is 9.89. The Balaban J connectivity index is 2.58. The van der Waals surface area contributed by atoms with Crippen LogP contribution in [0.2, 0.25) is 0 Å². The molecule has 0 aromatic carbocycles. The van der Waals surface area contributed by atoms with Crippen LogP contribution in [0.25, 0.3) is 0 Å².